The lowest BCUT2D eigenvalue weighted by Gasteiger charge is -2.35. The first-order valence-electron chi connectivity index (χ1n) is 4.90. The summed E-state index contributed by atoms with van der Waals surface area (Å²) in [5.74, 6) is 0.457. The molecule has 1 heterocycles. The van der Waals surface area contributed by atoms with Crippen LogP contribution in [-0.4, -0.2) is 24.3 Å². The smallest absolute Gasteiger partial charge is 0.0628 e. The van der Waals surface area contributed by atoms with Gasteiger partial charge in [-0.2, -0.15) is 0 Å². The van der Waals surface area contributed by atoms with Crippen LogP contribution in [0.3, 0.4) is 0 Å². The van der Waals surface area contributed by atoms with Crippen molar-refractivity contribution in [3.63, 3.8) is 0 Å². The number of rotatable bonds is 1. The van der Waals surface area contributed by atoms with Crippen LogP contribution in [0.1, 0.15) is 33.6 Å². The molecule has 1 rings (SSSR count). The molecule has 1 aliphatic heterocycles. The van der Waals surface area contributed by atoms with E-state index in [1.165, 1.54) is 12.8 Å². The van der Waals surface area contributed by atoms with Gasteiger partial charge in [-0.25, -0.2) is 0 Å². The normalized spacial score (nSPS) is 28.5. The zero-order valence-corrected chi connectivity index (χ0v) is 8.43. The molecule has 0 spiro atoms. The first-order chi connectivity index (χ1) is 5.52. The molecule has 2 heteroatoms. The number of hydrogen-bond acceptors (Lipinski definition) is 2. The molecule has 2 nitrogen and oxygen atoms in total. The van der Waals surface area contributed by atoms with Crippen molar-refractivity contribution in [3.8, 4) is 0 Å². The summed E-state index contributed by atoms with van der Waals surface area (Å²) in [7, 11) is 0. The lowest BCUT2D eigenvalue weighted by molar-refractivity contribution is 0.00312. The first-order valence-corrected chi connectivity index (χ1v) is 4.90. The molecule has 0 aromatic heterocycles. The Morgan fingerprint density at radius 3 is 2.50 bits per heavy atom. The standard InChI is InChI=1S/C10H21NO/c1-10(2,3)9(12)8-5-4-6-11-7-8/h8-9,11-12H,4-7H2,1-3H3/t8-,9+/m0/s1. The van der Waals surface area contributed by atoms with Crippen molar-refractivity contribution in [3.05, 3.63) is 0 Å². The Kier molecular flexibility index (Phi) is 3.13. The fourth-order valence-corrected chi connectivity index (χ4v) is 1.86. The zero-order chi connectivity index (χ0) is 9.19. The van der Waals surface area contributed by atoms with Gasteiger partial charge in [0.15, 0.2) is 0 Å². The maximum atomic E-state index is 9.97. The van der Waals surface area contributed by atoms with Gasteiger partial charge < -0.3 is 10.4 Å². The second-order valence-corrected chi connectivity index (χ2v) is 4.92. The van der Waals surface area contributed by atoms with Crippen LogP contribution in [0.15, 0.2) is 0 Å². The summed E-state index contributed by atoms with van der Waals surface area (Å²) in [5.41, 5.74) is 0.0314. The number of aliphatic hydroxyl groups is 1. The monoisotopic (exact) mass is 171 g/mol. The summed E-state index contributed by atoms with van der Waals surface area (Å²) in [6.45, 7) is 8.41. The molecule has 0 aromatic carbocycles. The van der Waals surface area contributed by atoms with E-state index < -0.39 is 0 Å². The molecule has 12 heavy (non-hydrogen) atoms. The molecule has 72 valence electrons. The van der Waals surface area contributed by atoms with Crippen LogP contribution in [0.5, 0.6) is 0 Å². The Morgan fingerprint density at radius 2 is 2.08 bits per heavy atom. The minimum absolute atomic E-state index is 0.0314. The first kappa shape index (κ1) is 10.0. The van der Waals surface area contributed by atoms with E-state index in [1.807, 2.05) is 0 Å². The quantitative estimate of drug-likeness (QED) is 0.625. The lowest BCUT2D eigenvalue weighted by Crippen LogP contribution is -2.42. The Morgan fingerprint density at radius 1 is 1.42 bits per heavy atom. The molecule has 0 amide bonds. The molecule has 0 bridgehead atoms. The fraction of sp³-hybridized carbons (Fsp3) is 1.00. The Balaban J connectivity index is 2.45. The molecule has 0 radical (unpaired) electrons. The molecule has 2 atom stereocenters. The van der Waals surface area contributed by atoms with Crippen molar-refractivity contribution >= 4 is 0 Å². The molecule has 0 unspecified atom stereocenters. The van der Waals surface area contributed by atoms with Gasteiger partial charge >= 0.3 is 0 Å². The lowest BCUT2D eigenvalue weighted by atomic mass is 9.78. The average Bonchev–Trinajstić information content (AvgIpc) is 2.03. The zero-order valence-electron chi connectivity index (χ0n) is 8.43. The van der Waals surface area contributed by atoms with Gasteiger partial charge in [-0.15, -0.1) is 0 Å². The highest BCUT2D eigenvalue weighted by molar-refractivity contribution is 4.83. The highest BCUT2D eigenvalue weighted by Crippen LogP contribution is 2.28. The summed E-state index contributed by atoms with van der Waals surface area (Å²) in [5, 5.41) is 13.3. The van der Waals surface area contributed by atoms with Crippen molar-refractivity contribution in [2.45, 2.75) is 39.7 Å². The van der Waals surface area contributed by atoms with Crippen molar-refractivity contribution in [2.24, 2.45) is 11.3 Å². The van der Waals surface area contributed by atoms with Gasteiger partial charge in [-0.3, -0.25) is 0 Å². The van der Waals surface area contributed by atoms with Gasteiger partial charge in [0.05, 0.1) is 6.10 Å². The molecule has 1 saturated heterocycles. The van der Waals surface area contributed by atoms with Gasteiger partial charge in [0.1, 0.15) is 0 Å². The molecular weight excluding hydrogens is 150 g/mol. The van der Waals surface area contributed by atoms with E-state index in [-0.39, 0.29) is 11.5 Å². The van der Waals surface area contributed by atoms with E-state index in [0.29, 0.717) is 5.92 Å². The van der Waals surface area contributed by atoms with E-state index in [9.17, 15) is 5.11 Å². The van der Waals surface area contributed by atoms with Crippen molar-refractivity contribution in [1.29, 1.82) is 0 Å². The highest BCUT2D eigenvalue weighted by Gasteiger charge is 2.30. The van der Waals surface area contributed by atoms with E-state index in [0.717, 1.165) is 13.1 Å². The molecule has 0 aromatic rings. The van der Waals surface area contributed by atoms with Crippen molar-refractivity contribution in [2.75, 3.05) is 13.1 Å². The van der Waals surface area contributed by atoms with Crippen LogP contribution >= 0.6 is 0 Å². The molecule has 2 N–H and O–H groups in total. The van der Waals surface area contributed by atoms with Crippen LogP contribution < -0.4 is 5.32 Å². The Bertz CT molecular complexity index is 133. The van der Waals surface area contributed by atoms with Crippen LogP contribution in [0.25, 0.3) is 0 Å². The molecule has 0 aliphatic carbocycles. The van der Waals surface area contributed by atoms with Crippen LogP contribution in [0.4, 0.5) is 0 Å². The van der Waals surface area contributed by atoms with E-state index in [4.69, 9.17) is 0 Å². The van der Waals surface area contributed by atoms with Crippen LogP contribution in [0, 0.1) is 11.3 Å². The van der Waals surface area contributed by atoms with Gasteiger partial charge in [0, 0.05) is 6.54 Å². The second-order valence-electron chi connectivity index (χ2n) is 4.92. The van der Waals surface area contributed by atoms with E-state index in [1.54, 1.807) is 0 Å². The third-order valence-electron chi connectivity index (χ3n) is 2.67. The van der Waals surface area contributed by atoms with E-state index >= 15 is 0 Å². The predicted molar refractivity (Wildman–Crippen MR) is 51.1 cm³/mol. The number of piperidine rings is 1. The van der Waals surface area contributed by atoms with Gasteiger partial charge in [-0.05, 0) is 30.7 Å². The third kappa shape index (κ3) is 2.46. The van der Waals surface area contributed by atoms with Crippen LogP contribution in [0.2, 0.25) is 0 Å². The van der Waals surface area contributed by atoms with Gasteiger partial charge in [0.25, 0.3) is 0 Å². The summed E-state index contributed by atoms with van der Waals surface area (Å²) in [6.07, 6.45) is 2.22. The molecule has 1 fully saturated rings. The summed E-state index contributed by atoms with van der Waals surface area (Å²) >= 11 is 0. The van der Waals surface area contributed by atoms with Gasteiger partial charge in [0.2, 0.25) is 0 Å². The molecular formula is C10H21NO. The summed E-state index contributed by atoms with van der Waals surface area (Å²) in [6, 6.07) is 0. The SMILES string of the molecule is CC(C)(C)[C@H](O)[C@H]1CCCNC1. The maximum Gasteiger partial charge on any atom is 0.0628 e. The predicted octanol–water partition coefficient (Wildman–Crippen LogP) is 1.39. The average molecular weight is 171 g/mol. The minimum atomic E-state index is -0.162. The number of hydrogen-bond donors (Lipinski definition) is 2. The van der Waals surface area contributed by atoms with Crippen molar-refractivity contribution < 1.29 is 5.11 Å². The van der Waals surface area contributed by atoms with Crippen molar-refractivity contribution in [1.82, 2.24) is 5.32 Å². The summed E-state index contributed by atoms with van der Waals surface area (Å²) in [4.78, 5) is 0. The highest BCUT2D eigenvalue weighted by atomic mass is 16.3. The Hall–Kier alpha value is -0.0800. The minimum Gasteiger partial charge on any atom is -0.392 e. The topological polar surface area (TPSA) is 32.3 Å². The number of nitrogens with one attached hydrogen (secondary N) is 1. The third-order valence-corrected chi connectivity index (χ3v) is 2.67. The van der Waals surface area contributed by atoms with Gasteiger partial charge in [-0.1, -0.05) is 20.8 Å². The van der Waals surface area contributed by atoms with E-state index in [2.05, 4.69) is 26.1 Å². The second kappa shape index (κ2) is 3.75. The molecule has 0 saturated carbocycles. The fourth-order valence-electron chi connectivity index (χ4n) is 1.86. The summed E-state index contributed by atoms with van der Waals surface area (Å²) < 4.78 is 0. The Labute approximate surface area is 75.4 Å². The largest absolute Gasteiger partial charge is 0.392 e. The number of aliphatic hydroxyl groups excluding tert-OH is 1. The molecule has 1 aliphatic rings. The van der Waals surface area contributed by atoms with Crippen LogP contribution in [-0.2, 0) is 0 Å². The maximum absolute atomic E-state index is 9.97.